The number of H-pyrrole nitrogens is 1. The Morgan fingerprint density at radius 3 is 2.50 bits per heavy atom. The van der Waals surface area contributed by atoms with Crippen LogP contribution in [0.1, 0.15) is 29.7 Å². The molecule has 0 radical (unpaired) electrons. The zero-order chi connectivity index (χ0) is 22.5. The lowest BCUT2D eigenvalue weighted by molar-refractivity contribution is -0.137. The monoisotopic (exact) mass is 469 g/mol. The molecule has 0 saturated carbocycles. The van der Waals surface area contributed by atoms with Crippen molar-refractivity contribution in [3.05, 3.63) is 35.0 Å². The Morgan fingerprint density at radius 2 is 1.75 bits per heavy atom. The van der Waals surface area contributed by atoms with Crippen molar-refractivity contribution in [1.82, 2.24) is 14.8 Å². The maximum absolute atomic E-state index is 13.2. The van der Waals surface area contributed by atoms with Crippen molar-refractivity contribution in [3.8, 4) is 0 Å². The molecule has 0 amide bonds. The number of nitrogens with zero attached hydrogens (tertiary/aromatic N) is 2. The SMILES string of the molecule is O=S1(=O)CCN(CCCN2CCC3Cc4[nH]c5ccc(C(F)(F)F)cc5c4C[C@H]3C2)CC1. The fourth-order valence-electron chi connectivity index (χ4n) is 5.76. The molecule has 3 heterocycles. The van der Waals surface area contributed by atoms with Crippen molar-refractivity contribution in [1.29, 1.82) is 0 Å². The molecule has 2 saturated heterocycles. The van der Waals surface area contributed by atoms with Gasteiger partial charge in [-0.15, -0.1) is 0 Å². The van der Waals surface area contributed by atoms with Crippen LogP contribution in [0.2, 0.25) is 0 Å². The smallest absolute Gasteiger partial charge is 0.358 e. The van der Waals surface area contributed by atoms with Crippen LogP contribution >= 0.6 is 0 Å². The number of likely N-dealkylation sites (tertiary alicyclic amines) is 1. The van der Waals surface area contributed by atoms with Crippen LogP contribution in [0, 0.1) is 11.8 Å². The molecule has 0 spiro atoms. The van der Waals surface area contributed by atoms with Gasteiger partial charge in [0.2, 0.25) is 0 Å². The number of aromatic nitrogens is 1. The third kappa shape index (κ3) is 4.56. The van der Waals surface area contributed by atoms with E-state index in [4.69, 9.17) is 0 Å². The summed E-state index contributed by atoms with van der Waals surface area (Å²) in [6, 6.07) is 4.04. The van der Waals surface area contributed by atoms with E-state index < -0.39 is 21.6 Å². The lowest BCUT2D eigenvalue weighted by Gasteiger charge is -2.41. The maximum atomic E-state index is 13.2. The van der Waals surface area contributed by atoms with Crippen LogP contribution in [-0.2, 0) is 28.9 Å². The fraction of sp³-hybridized carbons (Fsp3) is 0.652. The van der Waals surface area contributed by atoms with Crippen molar-refractivity contribution >= 4 is 20.7 Å². The Balaban J connectivity index is 1.21. The summed E-state index contributed by atoms with van der Waals surface area (Å²) in [4.78, 5) is 8.12. The third-order valence-electron chi connectivity index (χ3n) is 7.62. The molecule has 2 aromatic rings. The molecule has 2 fully saturated rings. The molecular formula is C23H30F3N3O2S. The van der Waals surface area contributed by atoms with Gasteiger partial charge in [-0.05, 0) is 80.9 Å². The zero-order valence-corrected chi connectivity index (χ0v) is 18.9. The zero-order valence-electron chi connectivity index (χ0n) is 18.1. The number of sulfone groups is 1. The summed E-state index contributed by atoms with van der Waals surface area (Å²) < 4.78 is 62.8. The minimum atomic E-state index is -4.32. The highest BCUT2D eigenvalue weighted by molar-refractivity contribution is 7.91. The number of hydrogen-bond acceptors (Lipinski definition) is 4. The number of piperidine rings is 1. The molecule has 0 bridgehead atoms. The largest absolute Gasteiger partial charge is 0.416 e. The van der Waals surface area contributed by atoms with E-state index in [1.807, 2.05) is 0 Å². The first-order valence-electron chi connectivity index (χ1n) is 11.5. The van der Waals surface area contributed by atoms with Gasteiger partial charge >= 0.3 is 6.18 Å². The van der Waals surface area contributed by atoms with Gasteiger partial charge < -0.3 is 14.8 Å². The molecule has 1 aromatic carbocycles. The predicted molar refractivity (Wildman–Crippen MR) is 118 cm³/mol. The van der Waals surface area contributed by atoms with Gasteiger partial charge in [0.05, 0.1) is 17.1 Å². The van der Waals surface area contributed by atoms with Crippen LogP contribution in [0.3, 0.4) is 0 Å². The number of benzene rings is 1. The Kier molecular flexibility index (Phi) is 5.78. The lowest BCUT2D eigenvalue weighted by atomic mass is 9.74. The van der Waals surface area contributed by atoms with Crippen molar-refractivity contribution in [2.45, 2.75) is 31.9 Å². The molecule has 3 aliphatic rings. The number of rotatable bonds is 4. The van der Waals surface area contributed by atoms with E-state index in [2.05, 4.69) is 14.8 Å². The Hall–Kier alpha value is -1.58. The molecule has 1 aromatic heterocycles. The van der Waals surface area contributed by atoms with E-state index in [-0.39, 0.29) is 11.5 Å². The number of halogens is 3. The van der Waals surface area contributed by atoms with Crippen molar-refractivity contribution < 1.29 is 21.6 Å². The number of alkyl halides is 3. The van der Waals surface area contributed by atoms with E-state index in [0.717, 1.165) is 80.1 Å². The summed E-state index contributed by atoms with van der Waals surface area (Å²) >= 11 is 0. The fourth-order valence-corrected chi connectivity index (χ4v) is 7.04. The molecule has 176 valence electrons. The van der Waals surface area contributed by atoms with Gasteiger partial charge in [-0.2, -0.15) is 13.2 Å². The minimum absolute atomic E-state index is 0.267. The third-order valence-corrected chi connectivity index (χ3v) is 9.22. The second kappa shape index (κ2) is 8.33. The molecule has 2 atom stereocenters. The van der Waals surface area contributed by atoms with Crippen molar-refractivity contribution in [2.24, 2.45) is 11.8 Å². The van der Waals surface area contributed by atoms with Crippen molar-refractivity contribution in [2.75, 3.05) is 50.8 Å². The van der Waals surface area contributed by atoms with E-state index in [9.17, 15) is 21.6 Å². The maximum Gasteiger partial charge on any atom is 0.416 e. The molecule has 5 nitrogen and oxygen atoms in total. The Bertz CT molecular complexity index is 1080. The van der Waals surface area contributed by atoms with Gasteiger partial charge in [0.25, 0.3) is 0 Å². The van der Waals surface area contributed by atoms with E-state index in [0.29, 0.717) is 24.9 Å². The van der Waals surface area contributed by atoms with Gasteiger partial charge in [-0.1, -0.05) is 0 Å². The first-order chi connectivity index (χ1) is 15.2. The molecule has 2 aliphatic heterocycles. The second-order valence-corrected chi connectivity index (χ2v) is 12.0. The number of aromatic amines is 1. The summed E-state index contributed by atoms with van der Waals surface area (Å²) in [5.41, 5.74) is 2.42. The molecule has 1 unspecified atom stereocenters. The van der Waals surface area contributed by atoms with Crippen LogP contribution in [0.15, 0.2) is 18.2 Å². The Morgan fingerprint density at radius 1 is 1.00 bits per heavy atom. The van der Waals surface area contributed by atoms with Gasteiger partial charge in [-0.3, -0.25) is 0 Å². The van der Waals surface area contributed by atoms with Gasteiger partial charge in [0.1, 0.15) is 0 Å². The van der Waals surface area contributed by atoms with Gasteiger partial charge in [0, 0.05) is 36.2 Å². The summed E-state index contributed by atoms with van der Waals surface area (Å²) in [5, 5.41) is 0.727. The second-order valence-electron chi connectivity index (χ2n) is 9.70. The van der Waals surface area contributed by atoms with Gasteiger partial charge in [0.15, 0.2) is 9.84 Å². The highest BCUT2D eigenvalue weighted by Crippen LogP contribution is 2.40. The standard InChI is InChI=1S/C23H30F3N3O2S/c24-23(25,26)18-2-3-21-20(14-18)19-12-17-15-29(7-4-16(17)13-22(19)27-21)6-1-5-28-8-10-32(30,31)11-9-28/h2-3,14,16-17,27H,1,4-13,15H2/t16?,17-/m0/s1. The number of nitrogens with one attached hydrogen (secondary N) is 1. The summed E-state index contributed by atoms with van der Waals surface area (Å²) in [7, 11) is -2.84. The highest BCUT2D eigenvalue weighted by atomic mass is 32.2. The number of hydrogen-bond donors (Lipinski definition) is 1. The van der Waals surface area contributed by atoms with E-state index >= 15 is 0 Å². The van der Waals surface area contributed by atoms with Crippen LogP contribution in [-0.4, -0.2) is 74.0 Å². The Labute approximate surface area is 186 Å². The summed E-state index contributed by atoms with van der Waals surface area (Å²) in [6.07, 6.45) is -0.427. The van der Waals surface area contributed by atoms with Crippen molar-refractivity contribution in [3.63, 3.8) is 0 Å². The van der Waals surface area contributed by atoms with Crippen LogP contribution in [0.4, 0.5) is 13.2 Å². The highest BCUT2D eigenvalue weighted by Gasteiger charge is 2.36. The molecule has 1 aliphatic carbocycles. The first-order valence-corrected chi connectivity index (χ1v) is 13.4. The predicted octanol–water partition coefficient (Wildman–Crippen LogP) is 3.34. The topological polar surface area (TPSA) is 56.4 Å². The first kappa shape index (κ1) is 22.2. The van der Waals surface area contributed by atoms with E-state index in [1.165, 1.54) is 6.07 Å². The average Bonchev–Trinajstić information content (AvgIpc) is 3.09. The van der Waals surface area contributed by atoms with Crippen LogP contribution < -0.4 is 0 Å². The summed E-state index contributed by atoms with van der Waals surface area (Å²) in [5.74, 6) is 1.60. The normalized spacial score (nSPS) is 26.7. The summed E-state index contributed by atoms with van der Waals surface area (Å²) in [6.45, 7) is 5.23. The average molecular weight is 470 g/mol. The molecule has 32 heavy (non-hydrogen) atoms. The van der Waals surface area contributed by atoms with Gasteiger partial charge in [-0.25, -0.2) is 8.42 Å². The molecule has 9 heteroatoms. The minimum Gasteiger partial charge on any atom is -0.358 e. The van der Waals surface area contributed by atoms with E-state index in [1.54, 1.807) is 6.07 Å². The van der Waals surface area contributed by atoms with Crippen LogP contribution in [0.5, 0.6) is 0 Å². The molecular weight excluding hydrogens is 439 g/mol. The molecule has 1 N–H and O–H groups in total. The van der Waals surface area contributed by atoms with Crippen LogP contribution in [0.25, 0.3) is 10.9 Å². The lowest BCUT2D eigenvalue weighted by Crippen LogP contribution is -2.45. The quantitative estimate of drug-likeness (QED) is 0.746. The molecule has 5 rings (SSSR count). The number of fused-ring (bicyclic) bond motifs is 4.